The zero-order valence-electron chi connectivity index (χ0n) is 15.8. The highest BCUT2D eigenvalue weighted by atomic mass is 16.5. The van der Waals surface area contributed by atoms with Crippen LogP contribution >= 0.6 is 0 Å². The molecule has 1 fully saturated rings. The average Bonchev–Trinajstić information content (AvgIpc) is 2.45. The molecule has 24 heavy (non-hydrogen) atoms. The number of carbonyl (C=O) groups excluding carboxylic acids is 2. The fourth-order valence-electron chi connectivity index (χ4n) is 5.19. The van der Waals surface area contributed by atoms with Crippen LogP contribution in [-0.4, -0.2) is 25.2 Å². The third kappa shape index (κ3) is 4.01. The van der Waals surface area contributed by atoms with Crippen LogP contribution in [0.3, 0.4) is 0 Å². The van der Waals surface area contributed by atoms with Crippen LogP contribution in [0.2, 0.25) is 0 Å². The number of allylic oxidation sites excluding steroid dienone is 1. The molecule has 3 atom stereocenters. The van der Waals surface area contributed by atoms with E-state index < -0.39 is 0 Å². The second kappa shape index (κ2) is 7.28. The third-order valence-electron chi connectivity index (χ3n) is 6.29. The van der Waals surface area contributed by atoms with Gasteiger partial charge in [-0.2, -0.15) is 0 Å². The first-order chi connectivity index (χ1) is 11.2. The first-order valence-electron chi connectivity index (χ1n) is 9.12. The van der Waals surface area contributed by atoms with Crippen LogP contribution in [-0.2, 0) is 19.1 Å². The minimum atomic E-state index is -0.245. The SMILES string of the molecule is CC(=O)OCCC1C(COC(C)=O)=CCC2C(C)(C)CCCC12C. The monoisotopic (exact) mass is 336 g/mol. The van der Waals surface area contributed by atoms with Crippen LogP contribution in [0.15, 0.2) is 11.6 Å². The van der Waals surface area contributed by atoms with Gasteiger partial charge < -0.3 is 9.47 Å². The quantitative estimate of drug-likeness (QED) is 0.555. The normalized spacial score (nSPS) is 31.6. The van der Waals surface area contributed by atoms with Crippen LogP contribution in [0, 0.1) is 22.7 Å². The van der Waals surface area contributed by atoms with Gasteiger partial charge >= 0.3 is 11.9 Å². The molecule has 2 rings (SSSR count). The van der Waals surface area contributed by atoms with Crippen molar-refractivity contribution in [3.05, 3.63) is 11.6 Å². The van der Waals surface area contributed by atoms with Crippen molar-refractivity contribution < 1.29 is 19.1 Å². The van der Waals surface area contributed by atoms with Crippen molar-refractivity contribution in [1.29, 1.82) is 0 Å². The fraction of sp³-hybridized carbons (Fsp3) is 0.800. The molecule has 2 aliphatic rings. The van der Waals surface area contributed by atoms with Gasteiger partial charge in [0.2, 0.25) is 0 Å². The summed E-state index contributed by atoms with van der Waals surface area (Å²) in [6.45, 7) is 10.8. The van der Waals surface area contributed by atoms with Gasteiger partial charge in [-0.15, -0.1) is 0 Å². The van der Waals surface area contributed by atoms with Gasteiger partial charge in [0, 0.05) is 13.8 Å². The number of esters is 2. The van der Waals surface area contributed by atoms with E-state index in [0.29, 0.717) is 30.5 Å². The Bertz CT molecular complexity index is 520. The van der Waals surface area contributed by atoms with Crippen molar-refractivity contribution >= 4 is 11.9 Å². The molecule has 3 unspecified atom stereocenters. The summed E-state index contributed by atoms with van der Waals surface area (Å²) in [7, 11) is 0. The molecular formula is C20H32O4. The topological polar surface area (TPSA) is 52.6 Å². The van der Waals surface area contributed by atoms with Crippen LogP contribution < -0.4 is 0 Å². The number of fused-ring (bicyclic) bond motifs is 1. The second-order valence-electron chi connectivity index (χ2n) is 8.38. The molecule has 0 aromatic rings. The van der Waals surface area contributed by atoms with E-state index in [2.05, 4.69) is 26.8 Å². The Labute approximate surface area is 146 Å². The Morgan fingerprint density at radius 1 is 1.12 bits per heavy atom. The highest BCUT2D eigenvalue weighted by molar-refractivity contribution is 5.66. The smallest absolute Gasteiger partial charge is 0.302 e. The molecule has 0 aliphatic heterocycles. The number of hydrogen-bond acceptors (Lipinski definition) is 4. The molecule has 0 aromatic heterocycles. The lowest BCUT2D eigenvalue weighted by Gasteiger charge is -2.57. The van der Waals surface area contributed by atoms with E-state index in [1.54, 1.807) is 0 Å². The van der Waals surface area contributed by atoms with Crippen LogP contribution in [0.5, 0.6) is 0 Å². The summed E-state index contributed by atoms with van der Waals surface area (Å²) in [6, 6.07) is 0. The number of rotatable bonds is 5. The second-order valence-corrected chi connectivity index (χ2v) is 8.38. The summed E-state index contributed by atoms with van der Waals surface area (Å²) in [4.78, 5) is 22.4. The number of carbonyl (C=O) groups is 2. The van der Waals surface area contributed by atoms with E-state index in [1.807, 2.05) is 0 Å². The summed E-state index contributed by atoms with van der Waals surface area (Å²) in [5.41, 5.74) is 1.69. The fourth-order valence-corrected chi connectivity index (χ4v) is 5.19. The predicted octanol–water partition coefficient (Wildman–Crippen LogP) is 4.28. The zero-order valence-corrected chi connectivity index (χ0v) is 15.8. The van der Waals surface area contributed by atoms with Gasteiger partial charge in [0.05, 0.1) is 6.61 Å². The first kappa shape index (κ1) is 19.0. The van der Waals surface area contributed by atoms with Crippen LogP contribution in [0.25, 0.3) is 0 Å². The molecule has 1 saturated carbocycles. The molecule has 0 aromatic carbocycles. The molecule has 4 nitrogen and oxygen atoms in total. The van der Waals surface area contributed by atoms with Gasteiger partial charge in [-0.25, -0.2) is 0 Å². The van der Waals surface area contributed by atoms with E-state index in [4.69, 9.17) is 9.47 Å². The Kier molecular flexibility index (Phi) is 5.77. The van der Waals surface area contributed by atoms with Gasteiger partial charge in [-0.1, -0.05) is 33.3 Å². The molecule has 136 valence electrons. The van der Waals surface area contributed by atoms with Gasteiger partial charge in [-0.05, 0) is 53.9 Å². The molecule has 0 bridgehead atoms. The average molecular weight is 336 g/mol. The van der Waals surface area contributed by atoms with E-state index in [9.17, 15) is 9.59 Å². The largest absolute Gasteiger partial charge is 0.466 e. The maximum atomic E-state index is 11.2. The first-order valence-corrected chi connectivity index (χ1v) is 9.12. The van der Waals surface area contributed by atoms with Gasteiger partial charge in [-0.3, -0.25) is 9.59 Å². The van der Waals surface area contributed by atoms with Gasteiger partial charge in [0.15, 0.2) is 0 Å². The van der Waals surface area contributed by atoms with Crippen molar-refractivity contribution in [2.45, 2.75) is 66.7 Å². The predicted molar refractivity (Wildman–Crippen MR) is 93.3 cm³/mol. The Hall–Kier alpha value is -1.32. The Morgan fingerprint density at radius 2 is 1.79 bits per heavy atom. The minimum absolute atomic E-state index is 0.173. The molecule has 0 amide bonds. The van der Waals surface area contributed by atoms with E-state index in [1.165, 1.54) is 38.7 Å². The molecule has 0 N–H and O–H groups in total. The highest BCUT2D eigenvalue weighted by Gasteiger charge is 2.52. The lowest BCUT2D eigenvalue weighted by atomic mass is 9.48. The number of ether oxygens (including phenoxy) is 2. The van der Waals surface area contributed by atoms with Gasteiger partial charge in [0.25, 0.3) is 0 Å². The van der Waals surface area contributed by atoms with Crippen molar-refractivity contribution in [3.63, 3.8) is 0 Å². The molecule has 2 aliphatic carbocycles. The molecule has 0 spiro atoms. The number of hydrogen-bond donors (Lipinski definition) is 0. The van der Waals surface area contributed by atoms with Crippen molar-refractivity contribution in [2.24, 2.45) is 22.7 Å². The summed E-state index contributed by atoms with van der Waals surface area (Å²) >= 11 is 0. The Balaban J connectivity index is 2.24. The molecule has 0 saturated heterocycles. The lowest BCUT2D eigenvalue weighted by Crippen LogP contribution is -2.49. The van der Waals surface area contributed by atoms with E-state index in [-0.39, 0.29) is 17.4 Å². The summed E-state index contributed by atoms with van der Waals surface area (Å²) < 4.78 is 10.5. The Morgan fingerprint density at radius 3 is 2.42 bits per heavy atom. The van der Waals surface area contributed by atoms with Crippen molar-refractivity contribution in [2.75, 3.05) is 13.2 Å². The molecule has 0 radical (unpaired) electrons. The summed E-state index contributed by atoms with van der Waals surface area (Å²) in [5.74, 6) is 0.435. The third-order valence-corrected chi connectivity index (χ3v) is 6.29. The van der Waals surface area contributed by atoms with E-state index >= 15 is 0 Å². The van der Waals surface area contributed by atoms with Crippen LogP contribution in [0.1, 0.15) is 66.7 Å². The minimum Gasteiger partial charge on any atom is -0.466 e. The molecule has 0 heterocycles. The molecular weight excluding hydrogens is 304 g/mol. The maximum Gasteiger partial charge on any atom is 0.302 e. The highest BCUT2D eigenvalue weighted by Crippen LogP contribution is 2.60. The van der Waals surface area contributed by atoms with E-state index in [0.717, 1.165) is 12.8 Å². The summed E-state index contributed by atoms with van der Waals surface area (Å²) in [5, 5.41) is 0. The maximum absolute atomic E-state index is 11.2. The standard InChI is InChI=1S/C20H32O4/c1-14(21)23-12-9-17-16(13-24-15(2)22)7-8-18-19(3,4)10-6-11-20(17,18)5/h7,17-18H,6,8-13H2,1-5H3. The summed E-state index contributed by atoms with van der Waals surface area (Å²) in [6.07, 6.45) is 7.80. The zero-order chi connectivity index (χ0) is 18.0. The van der Waals surface area contributed by atoms with Crippen molar-refractivity contribution in [1.82, 2.24) is 0 Å². The van der Waals surface area contributed by atoms with Gasteiger partial charge in [0.1, 0.15) is 6.61 Å². The molecule has 4 heteroatoms. The van der Waals surface area contributed by atoms with Crippen LogP contribution in [0.4, 0.5) is 0 Å². The van der Waals surface area contributed by atoms with Crippen molar-refractivity contribution in [3.8, 4) is 0 Å². The lowest BCUT2D eigenvalue weighted by molar-refractivity contribution is -0.142.